The monoisotopic (exact) mass is 325 g/mol. The van der Waals surface area contributed by atoms with Crippen LogP contribution in [0.4, 0.5) is 0 Å². The Hall–Kier alpha value is -1.14. The zero-order valence-corrected chi connectivity index (χ0v) is 14.4. The van der Waals surface area contributed by atoms with Gasteiger partial charge in [-0.25, -0.2) is 0 Å². The van der Waals surface area contributed by atoms with Crippen LogP contribution < -0.4 is 5.32 Å². The van der Waals surface area contributed by atoms with Gasteiger partial charge in [0.1, 0.15) is 0 Å². The minimum Gasteiger partial charge on any atom is -0.383 e. The number of likely N-dealkylation sites (tertiary alicyclic amines) is 2. The van der Waals surface area contributed by atoms with E-state index in [1.54, 1.807) is 12.0 Å². The highest BCUT2D eigenvalue weighted by atomic mass is 16.5. The normalized spacial score (nSPS) is 23.6. The summed E-state index contributed by atoms with van der Waals surface area (Å²) in [6, 6.07) is -0.0424. The molecule has 1 unspecified atom stereocenters. The predicted octanol–water partition coefficient (Wildman–Crippen LogP) is 1.01. The molecule has 6 heteroatoms. The molecule has 0 radical (unpaired) electrons. The van der Waals surface area contributed by atoms with Gasteiger partial charge in [0.05, 0.1) is 12.6 Å². The Morgan fingerprint density at radius 3 is 2.57 bits per heavy atom. The maximum atomic E-state index is 12.1. The molecule has 0 aromatic carbocycles. The molecule has 1 N–H and O–H groups in total. The predicted molar refractivity (Wildman–Crippen MR) is 89.1 cm³/mol. The molecule has 23 heavy (non-hydrogen) atoms. The Morgan fingerprint density at radius 2 is 1.87 bits per heavy atom. The van der Waals surface area contributed by atoms with Gasteiger partial charge in [0.15, 0.2) is 0 Å². The molecule has 2 heterocycles. The van der Waals surface area contributed by atoms with E-state index in [0.717, 1.165) is 19.6 Å². The lowest BCUT2D eigenvalue weighted by atomic mass is 10.1. The van der Waals surface area contributed by atoms with E-state index in [9.17, 15) is 9.59 Å². The number of hydrogen-bond acceptors (Lipinski definition) is 4. The molecule has 0 aromatic rings. The van der Waals surface area contributed by atoms with Gasteiger partial charge in [0.2, 0.25) is 11.8 Å². The van der Waals surface area contributed by atoms with Gasteiger partial charge in [0, 0.05) is 39.6 Å². The molecular weight excluding hydrogens is 294 g/mol. The number of nitrogens with one attached hydrogen (secondary N) is 1. The van der Waals surface area contributed by atoms with Gasteiger partial charge in [0.25, 0.3) is 0 Å². The summed E-state index contributed by atoms with van der Waals surface area (Å²) in [4.78, 5) is 28.2. The third-order valence-electron chi connectivity index (χ3n) is 4.75. The fourth-order valence-corrected chi connectivity index (χ4v) is 3.38. The van der Waals surface area contributed by atoms with Crippen molar-refractivity contribution in [3.8, 4) is 0 Å². The summed E-state index contributed by atoms with van der Waals surface area (Å²) in [6.45, 7) is 4.81. The van der Waals surface area contributed by atoms with Crippen molar-refractivity contribution in [3.63, 3.8) is 0 Å². The lowest BCUT2D eigenvalue weighted by Crippen LogP contribution is -2.39. The molecule has 132 valence electrons. The third-order valence-corrected chi connectivity index (χ3v) is 4.75. The first-order chi connectivity index (χ1) is 11.2. The van der Waals surface area contributed by atoms with Gasteiger partial charge < -0.3 is 19.9 Å². The van der Waals surface area contributed by atoms with Crippen LogP contribution >= 0.6 is 0 Å². The topological polar surface area (TPSA) is 61.9 Å². The molecular formula is C17H31N3O3. The van der Waals surface area contributed by atoms with Crippen LogP contribution in [-0.4, -0.2) is 74.1 Å². The molecule has 0 saturated carbocycles. The highest BCUT2D eigenvalue weighted by Gasteiger charge is 2.30. The third kappa shape index (κ3) is 6.47. The zero-order valence-electron chi connectivity index (χ0n) is 14.4. The van der Waals surface area contributed by atoms with Crippen molar-refractivity contribution in [1.82, 2.24) is 15.1 Å². The zero-order chi connectivity index (χ0) is 16.5. The summed E-state index contributed by atoms with van der Waals surface area (Å²) in [5, 5.41) is 3.01. The van der Waals surface area contributed by atoms with Crippen molar-refractivity contribution in [3.05, 3.63) is 0 Å². The first-order valence-corrected chi connectivity index (χ1v) is 8.97. The van der Waals surface area contributed by atoms with Crippen molar-refractivity contribution >= 4 is 11.8 Å². The molecule has 0 bridgehead atoms. The molecule has 0 spiro atoms. The van der Waals surface area contributed by atoms with Crippen LogP contribution in [0.2, 0.25) is 0 Å². The molecule has 6 nitrogen and oxygen atoms in total. The standard InChI is InChI=1S/C17H31N3O3/c1-23-12-11-20-14-15(13-17(20)22)18-16(21)7-10-19-8-5-3-2-4-6-9-19/h15H,2-14H2,1H3,(H,18,21). The average molecular weight is 325 g/mol. The Morgan fingerprint density at radius 1 is 1.17 bits per heavy atom. The first kappa shape index (κ1) is 18.2. The van der Waals surface area contributed by atoms with Gasteiger partial charge in [-0.1, -0.05) is 19.3 Å². The average Bonchev–Trinajstić information content (AvgIpc) is 2.83. The van der Waals surface area contributed by atoms with Crippen molar-refractivity contribution in [1.29, 1.82) is 0 Å². The highest BCUT2D eigenvalue weighted by Crippen LogP contribution is 2.12. The van der Waals surface area contributed by atoms with E-state index in [2.05, 4.69) is 10.2 Å². The summed E-state index contributed by atoms with van der Waals surface area (Å²) in [7, 11) is 1.63. The first-order valence-electron chi connectivity index (χ1n) is 8.97. The van der Waals surface area contributed by atoms with E-state index in [0.29, 0.717) is 32.5 Å². The number of amides is 2. The van der Waals surface area contributed by atoms with Crippen LogP contribution in [0.5, 0.6) is 0 Å². The lowest BCUT2D eigenvalue weighted by molar-refractivity contribution is -0.128. The van der Waals surface area contributed by atoms with E-state index in [4.69, 9.17) is 4.74 Å². The molecule has 0 aliphatic carbocycles. The Labute approximate surface area is 139 Å². The fraction of sp³-hybridized carbons (Fsp3) is 0.882. The summed E-state index contributed by atoms with van der Waals surface area (Å²) >= 11 is 0. The lowest BCUT2D eigenvalue weighted by Gasteiger charge is -2.24. The van der Waals surface area contributed by atoms with Crippen LogP contribution in [0, 0.1) is 0 Å². The Kier molecular flexibility index (Phi) is 7.82. The smallest absolute Gasteiger partial charge is 0.224 e. The number of hydrogen-bond donors (Lipinski definition) is 1. The van der Waals surface area contributed by atoms with Crippen molar-refractivity contribution in [2.45, 2.75) is 51.0 Å². The maximum absolute atomic E-state index is 12.1. The van der Waals surface area contributed by atoms with Gasteiger partial charge in [-0.3, -0.25) is 9.59 Å². The highest BCUT2D eigenvalue weighted by molar-refractivity contribution is 5.82. The molecule has 1 atom stereocenters. The second-order valence-electron chi connectivity index (χ2n) is 6.66. The number of rotatable bonds is 7. The second kappa shape index (κ2) is 9.88. The molecule has 2 aliphatic rings. The quantitative estimate of drug-likeness (QED) is 0.759. The molecule has 2 fully saturated rings. The second-order valence-corrected chi connectivity index (χ2v) is 6.66. The Balaban J connectivity index is 1.65. The van der Waals surface area contributed by atoms with Gasteiger partial charge in [-0.2, -0.15) is 0 Å². The molecule has 2 aliphatic heterocycles. The largest absolute Gasteiger partial charge is 0.383 e. The summed E-state index contributed by atoms with van der Waals surface area (Å²) in [5.41, 5.74) is 0. The number of ether oxygens (including phenoxy) is 1. The van der Waals surface area contributed by atoms with E-state index < -0.39 is 0 Å². The van der Waals surface area contributed by atoms with E-state index in [1.165, 1.54) is 32.1 Å². The molecule has 2 saturated heterocycles. The van der Waals surface area contributed by atoms with Crippen LogP contribution in [0.3, 0.4) is 0 Å². The Bertz CT molecular complexity index is 381. The molecule has 2 amide bonds. The van der Waals surface area contributed by atoms with Crippen LogP contribution in [-0.2, 0) is 14.3 Å². The van der Waals surface area contributed by atoms with Gasteiger partial charge in [-0.05, 0) is 25.9 Å². The minimum atomic E-state index is -0.0424. The maximum Gasteiger partial charge on any atom is 0.224 e. The van der Waals surface area contributed by atoms with E-state index in [-0.39, 0.29) is 17.9 Å². The van der Waals surface area contributed by atoms with E-state index in [1.807, 2.05) is 0 Å². The van der Waals surface area contributed by atoms with Crippen molar-refractivity contribution < 1.29 is 14.3 Å². The number of carbonyl (C=O) groups is 2. The minimum absolute atomic E-state index is 0.0424. The van der Waals surface area contributed by atoms with Crippen LogP contribution in [0.25, 0.3) is 0 Å². The van der Waals surface area contributed by atoms with Gasteiger partial charge in [-0.15, -0.1) is 0 Å². The fourth-order valence-electron chi connectivity index (χ4n) is 3.38. The number of carbonyl (C=O) groups excluding carboxylic acids is 2. The summed E-state index contributed by atoms with van der Waals surface area (Å²) < 4.78 is 5.01. The van der Waals surface area contributed by atoms with Crippen molar-refractivity contribution in [2.75, 3.05) is 46.4 Å². The van der Waals surface area contributed by atoms with Crippen LogP contribution in [0.1, 0.15) is 44.9 Å². The number of nitrogens with zero attached hydrogens (tertiary/aromatic N) is 2. The van der Waals surface area contributed by atoms with E-state index >= 15 is 0 Å². The van der Waals surface area contributed by atoms with Crippen molar-refractivity contribution in [2.24, 2.45) is 0 Å². The summed E-state index contributed by atoms with van der Waals surface area (Å²) in [5.74, 6) is 0.176. The molecule has 2 rings (SSSR count). The SMILES string of the molecule is COCCN1CC(NC(=O)CCN2CCCCCCC2)CC1=O. The van der Waals surface area contributed by atoms with Crippen LogP contribution in [0.15, 0.2) is 0 Å². The van der Waals surface area contributed by atoms with Gasteiger partial charge >= 0.3 is 0 Å². The number of methoxy groups -OCH3 is 1. The summed E-state index contributed by atoms with van der Waals surface area (Å²) in [6.07, 6.45) is 7.40. The molecule has 0 aromatic heterocycles.